The molecular weight excluding hydrogens is 330 g/mol. The lowest BCUT2D eigenvalue weighted by molar-refractivity contribution is 0.280. The molecule has 112 valence electrons. The second-order valence-electron chi connectivity index (χ2n) is 4.61. The zero-order valence-electron chi connectivity index (χ0n) is 12.4. The number of methoxy groups -OCH3 is 1. The van der Waals surface area contributed by atoms with E-state index in [2.05, 4.69) is 40.3 Å². The first-order valence-corrected chi connectivity index (χ1v) is 7.78. The minimum atomic E-state index is 0.521. The molecule has 0 aliphatic rings. The van der Waals surface area contributed by atoms with Crippen LogP contribution in [0.25, 0.3) is 0 Å². The van der Waals surface area contributed by atoms with E-state index in [1.807, 2.05) is 30.3 Å². The zero-order valence-corrected chi connectivity index (χ0v) is 13.9. The summed E-state index contributed by atoms with van der Waals surface area (Å²) in [4.78, 5) is 0. The fourth-order valence-electron chi connectivity index (χ4n) is 2.05. The van der Waals surface area contributed by atoms with Gasteiger partial charge in [0.1, 0.15) is 6.61 Å². The van der Waals surface area contributed by atoms with Crippen molar-refractivity contribution in [2.75, 3.05) is 13.7 Å². The van der Waals surface area contributed by atoms with Gasteiger partial charge in [-0.3, -0.25) is 0 Å². The van der Waals surface area contributed by atoms with Crippen LogP contribution in [0.3, 0.4) is 0 Å². The van der Waals surface area contributed by atoms with Crippen molar-refractivity contribution in [1.29, 1.82) is 0 Å². The summed E-state index contributed by atoms with van der Waals surface area (Å²) in [6, 6.07) is 14.0. The number of hydrogen-bond donors (Lipinski definition) is 1. The van der Waals surface area contributed by atoms with Gasteiger partial charge < -0.3 is 14.8 Å². The summed E-state index contributed by atoms with van der Waals surface area (Å²) in [5.41, 5.74) is 2.21. The standard InChI is InChI=1S/C17H20BrNO2/c1-3-19-11-14-15(18)9-10-16(20-2)17(14)21-12-13-7-5-4-6-8-13/h4-10,19H,3,11-12H2,1-2H3. The minimum Gasteiger partial charge on any atom is -0.493 e. The third-order valence-corrected chi connectivity index (χ3v) is 3.91. The molecule has 4 heteroatoms. The Morgan fingerprint density at radius 3 is 2.52 bits per heavy atom. The number of hydrogen-bond acceptors (Lipinski definition) is 3. The molecule has 0 amide bonds. The van der Waals surface area contributed by atoms with Crippen molar-refractivity contribution in [3.63, 3.8) is 0 Å². The van der Waals surface area contributed by atoms with Crippen LogP contribution in [0.4, 0.5) is 0 Å². The molecule has 3 nitrogen and oxygen atoms in total. The number of rotatable bonds is 7. The van der Waals surface area contributed by atoms with Crippen LogP contribution in [0.1, 0.15) is 18.1 Å². The molecule has 0 heterocycles. The molecule has 0 saturated carbocycles. The predicted molar refractivity (Wildman–Crippen MR) is 88.8 cm³/mol. The first kappa shape index (κ1) is 15.9. The number of nitrogens with one attached hydrogen (secondary N) is 1. The summed E-state index contributed by atoms with van der Waals surface area (Å²) >= 11 is 3.59. The van der Waals surface area contributed by atoms with Gasteiger partial charge in [0, 0.05) is 16.6 Å². The van der Waals surface area contributed by atoms with Crippen LogP contribution in [-0.2, 0) is 13.2 Å². The van der Waals surface area contributed by atoms with Crippen LogP contribution in [0.5, 0.6) is 11.5 Å². The normalized spacial score (nSPS) is 10.4. The zero-order chi connectivity index (χ0) is 15.1. The molecule has 0 aliphatic heterocycles. The van der Waals surface area contributed by atoms with E-state index in [1.54, 1.807) is 7.11 Å². The van der Waals surface area contributed by atoms with Crippen molar-refractivity contribution in [1.82, 2.24) is 5.32 Å². The van der Waals surface area contributed by atoms with E-state index in [0.717, 1.165) is 40.2 Å². The first-order valence-electron chi connectivity index (χ1n) is 6.99. The van der Waals surface area contributed by atoms with Crippen LogP contribution >= 0.6 is 15.9 Å². The van der Waals surface area contributed by atoms with Crippen LogP contribution in [0.2, 0.25) is 0 Å². The quantitative estimate of drug-likeness (QED) is 0.814. The van der Waals surface area contributed by atoms with E-state index in [9.17, 15) is 0 Å². The van der Waals surface area contributed by atoms with Crippen molar-refractivity contribution < 1.29 is 9.47 Å². The summed E-state index contributed by atoms with van der Waals surface area (Å²) in [5, 5.41) is 3.33. The van der Waals surface area contributed by atoms with E-state index < -0.39 is 0 Å². The molecule has 0 aromatic heterocycles. The van der Waals surface area contributed by atoms with Gasteiger partial charge in [0.25, 0.3) is 0 Å². The van der Waals surface area contributed by atoms with Crippen molar-refractivity contribution in [3.05, 3.63) is 58.1 Å². The fraction of sp³-hybridized carbons (Fsp3) is 0.294. The van der Waals surface area contributed by atoms with Crippen molar-refractivity contribution >= 4 is 15.9 Å². The Labute approximate surface area is 134 Å². The largest absolute Gasteiger partial charge is 0.493 e. The lowest BCUT2D eigenvalue weighted by Gasteiger charge is -2.17. The molecule has 2 rings (SSSR count). The van der Waals surface area contributed by atoms with Gasteiger partial charge in [-0.15, -0.1) is 0 Å². The smallest absolute Gasteiger partial charge is 0.167 e. The topological polar surface area (TPSA) is 30.5 Å². The Morgan fingerprint density at radius 1 is 1.10 bits per heavy atom. The molecule has 0 bridgehead atoms. The molecule has 0 spiro atoms. The van der Waals surface area contributed by atoms with Crippen molar-refractivity contribution in [3.8, 4) is 11.5 Å². The highest BCUT2D eigenvalue weighted by molar-refractivity contribution is 9.10. The van der Waals surface area contributed by atoms with Crippen LogP contribution in [0, 0.1) is 0 Å². The number of ether oxygens (including phenoxy) is 2. The van der Waals surface area contributed by atoms with Crippen molar-refractivity contribution in [2.45, 2.75) is 20.1 Å². The highest BCUT2D eigenvalue weighted by Crippen LogP contribution is 2.36. The maximum Gasteiger partial charge on any atom is 0.167 e. The van der Waals surface area contributed by atoms with Gasteiger partial charge in [0.15, 0.2) is 11.5 Å². The molecule has 1 N–H and O–H groups in total. The van der Waals surface area contributed by atoms with Gasteiger partial charge in [0.05, 0.1) is 7.11 Å². The fourth-order valence-corrected chi connectivity index (χ4v) is 2.50. The Bertz CT molecular complexity index is 573. The SMILES string of the molecule is CCNCc1c(Br)ccc(OC)c1OCc1ccccc1. The van der Waals surface area contributed by atoms with Crippen LogP contribution in [0.15, 0.2) is 46.9 Å². The average Bonchev–Trinajstić information content (AvgIpc) is 2.53. The average molecular weight is 350 g/mol. The Kier molecular flexibility index (Phi) is 6.08. The van der Waals surface area contributed by atoms with Gasteiger partial charge >= 0.3 is 0 Å². The van der Waals surface area contributed by atoms with E-state index in [-0.39, 0.29) is 0 Å². The van der Waals surface area contributed by atoms with Gasteiger partial charge in [0.2, 0.25) is 0 Å². The summed E-state index contributed by atoms with van der Waals surface area (Å²) in [5.74, 6) is 1.54. The highest BCUT2D eigenvalue weighted by Gasteiger charge is 2.14. The second-order valence-corrected chi connectivity index (χ2v) is 5.47. The van der Waals surface area contributed by atoms with Crippen LogP contribution in [-0.4, -0.2) is 13.7 Å². The molecule has 0 unspecified atom stereocenters. The Hall–Kier alpha value is -1.52. The maximum absolute atomic E-state index is 6.03. The maximum atomic E-state index is 6.03. The summed E-state index contributed by atoms with van der Waals surface area (Å²) in [7, 11) is 1.66. The van der Waals surface area contributed by atoms with E-state index in [1.165, 1.54) is 0 Å². The number of benzene rings is 2. The molecular formula is C17H20BrNO2. The molecule has 2 aromatic carbocycles. The molecule has 0 atom stereocenters. The van der Waals surface area contributed by atoms with E-state index >= 15 is 0 Å². The van der Waals surface area contributed by atoms with E-state index in [0.29, 0.717) is 6.61 Å². The Morgan fingerprint density at radius 2 is 1.86 bits per heavy atom. The van der Waals surface area contributed by atoms with Gasteiger partial charge in [-0.25, -0.2) is 0 Å². The summed E-state index contributed by atoms with van der Waals surface area (Å²) < 4.78 is 12.5. The molecule has 0 radical (unpaired) electrons. The lowest BCUT2D eigenvalue weighted by Crippen LogP contribution is -2.14. The van der Waals surface area contributed by atoms with Gasteiger partial charge in [-0.05, 0) is 24.2 Å². The molecule has 0 fully saturated rings. The third kappa shape index (κ3) is 4.22. The second kappa shape index (κ2) is 8.05. The predicted octanol–water partition coefficient (Wildman–Crippen LogP) is 4.15. The molecule has 21 heavy (non-hydrogen) atoms. The van der Waals surface area contributed by atoms with Gasteiger partial charge in [-0.2, -0.15) is 0 Å². The van der Waals surface area contributed by atoms with Gasteiger partial charge in [-0.1, -0.05) is 53.2 Å². The number of halogens is 1. The highest BCUT2D eigenvalue weighted by atomic mass is 79.9. The lowest BCUT2D eigenvalue weighted by atomic mass is 10.1. The summed E-state index contributed by atoms with van der Waals surface area (Å²) in [6.45, 7) is 4.24. The van der Waals surface area contributed by atoms with Crippen molar-refractivity contribution in [2.24, 2.45) is 0 Å². The molecule has 0 aliphatic carbocycles. The van der Waals surface area contributed by atoms with Crippen LogP contribution < -0.4 is 14.8 Å². The first-order chi connectivity index (χ1) is 10.3. The minimum absolute atomic E-state index is 0.521. The van der Waals surface area contributed by atoms with E-state index in [4.69, 9.17) is 9.47 Å². The monoisotopic (exact) mass is 349 g/mol. The molecule has 0 saturated heterocycles. The summed E-state index contributed by atoms with van der Waals surface area (Å²) in [6.07, 6.45) is 0. The molecule has 2 aromatic rings. The Balaban J connectivity index is 2.24. The third-order valence-electron chi connectivity index (χ3n) is 3.16.